The summed E-state index contributed by atoms with van der Waals surface area (Å²) in [6.07, 6.45) is 3.14. The zero-order chi connectivity index (χ0) is 22.9. The summed E-state index contributed by atoms with van der Waals surface area (Å²) >= 11 is 0. The number of alkyl halides is 3. The Balaban J connectivity index is 0.000000423. The molecule has 0 radical (unpaired) electrons. The molecule has 168 valence electrons. The van der Waals surface area contributed by atoms with Gasteiger partial charge in [-0.05, 0) is 55.1 Å². The second-order valence-electron chi connectivity index (χ2n) is 7.31. The summed E-state index contributed by atoms with van der Waals surface area (Å²) in [6, 6.07) is 10.7. The van der Waals surface area contributed by atoms with Gasteiger partial charge in [-0.1, -0.05) is 30.7 Å². The minimum Gasteiger partial charge on any atom is -0.481 e. The highest BCUT2D eigenvalue weighted by molar-refractivity contribution is 5.73. The third-order valence-electron chi connectivity index (χ3n) is 4.81. The Morgan fingerprint density at radius 2 is 1.55 bits per heavy atom. The van der Waals surface area contributed by atoms with Crippen LogP contribution < -0.4 is 0 Å². The Labute approximate surface area is 178 Å². The largest absolute Gasteiger partial charge is 0.490 e. The van der Waals surface area contributed by atoms with Gasteiger partial charge in [0.05, 0.1) is 0 Å². The van der Waals surface area contributed by atoms with Gasteiger partial charge in [0.1, 0.15) is 0 Å². The highest BCUT2D eigenvalue weighted by atomic mass is 19.4. The minimum atomic E-state index is -5.08. The van der Waals surface area contributed by atoms with Crippen LogP contribution in [0.5, 0.6) is 0 Å². The van der Waals surface area contributed by atoms with E-state index in [1.807, 2.05) is 12.3 Å². The van der Waals surface area contributed by atoms with Crippen LogP contribution in [0.15, 0.2) is 42.7 Å². The Kier molecular flexibility index (Phi) is 8.99. The number of carboxylic acid groups (broad SMARTS) is 2. The van der Waals surface area contributed by atoms with E-state index in [-0.39, 0.29) is 6.42 Å². The molecule has 6 nitrogen and oxygen atoms in total. The molecule has 0 saturated carbocycles. The highest BCUT2D eigenvalue weighted by Crippen LogP contribution is 2.22. The summed E-state index contributed by atoms with van der Waals surface area (Å²) in [6.45, 7) is 3.44. The van der Waals surface area contributed by atoms with Crippen LogP contribution in [0.3, 0.4) is 0 Å². The first-order valence-electron chi connectivity index (χ1n) is 9.92. The van der Waals surface area contributed by atoms with Crippen LogP contribution >= 0.6 is 0 Å². The van der Waals surface area contributed by atoms with Crippen molar-refractivity contribution in [1.29, 1.82) is 0 Å². The SMILES string of the molecule is O=C(O)C(F)(F)F.O=C(O)CCc1cncc(-c2ccc(CN3CCCCC3)cc2)c1. The second-order valence-corrected chi connectivity index (χ2v) is 7.31. The molecular weight excluding hydrogens is 413 g/mol. The number of carboxylic acids is 2. The van der Waals surface area contributed by atoms with E-state index >= 15 is 0 Å². The summed E-state index contributed by atoms with van der Waals surface area (Å²) in [5.74, 6) is -3.53. The molecule has 2 N–H and O–H groups in total. The van der Waals surface area contributed by atoms with Gasteiger partial charge in [-0.2, -0.15) is 13.2 Å². The quantitative estimate of drug-likeness (QED) is 0.696. The molecule has 3 rings (SSSR count). The van der Waals surface area contributed by atoms with Crippen LogP contribution in [0, 0.1) is 0 Å². The van der Waals surface area contributed by atoms with E-state index in [2.05, 4.69) is 34.1 Å². The van der Waals surface area contributed by atoms with Crippen LogP contribution in [-0.2, 0) is 22.6 Å². The van der Waals surface area contributed by atoms with Gasteiger partial charge in [0.25, 0.3) is 0 Å². The molecule has 1 aromatic heterocycles. The van der Waals surface area contributed by atoms with Crippen molar-refractivity contribution in [1.82, 2.24) is 9.88 Å². The number of nitrogens with zero attached hydrogens (tertiary/aromatic N) is 2. The van der Waals surface area contributed by atoms with Crippen LogP contribution in [-0.4, -0.2) is 51.3 Å². The number of aliphatic carboxylic acids is 2. The Morgan fingerprint density at radius 1 is 0.935 bits per heavy atom. The maximum absolute atomic E-state index is 10.7. The average molecular weight is 438 g/mol. The van der Waals surface area contributed by atoms with Gasteiger partial charge < -0.3 is 10.2 Å². The topological polar surface area (TPSA) is 90.7 Å². The van der Waals surface area contributed by atoms with Crippen molar-refractivity contribution in [2.75, 3.05) is 13.1 Å². The van der Waals surface area contributed by atoms with Gasteiger partial charge in [-0.25, -0.2) is 4.79 Å². The fraction of sp³-hybridized carbons (Fsp3) is 0.409. The predicted molar refractivity (Wildman–Crippen MR) is 108 cm³/mol. The number of piperidine rings is 1. The van der Waals surface area contributed by atoms with Gasteiger partial charge in [0.15, 0.2) is 0 Å². The molecule has 1 saturated heterocycles. The fourth-order valence-corrected chi connectivity index (χ4v) is 3.21. The van der Waals surface area contributed by atoms with E-state index in [4.69, 9.17) is 15.0 Å². The summed E-state index contributed by atoms with van der Waals surface area (Å²) in [7, 11) is 0. The fourth-order valence-electron chi connectivity index (χ4n) is 3.21. The first-order valence-corrected chi connectivity index (χ1v) is 9.92. The molecule has 9 heteroatoms. The molecule has 1 aliphatic rings. The lowest BCUT2D eigenvalue weighted by Crippen LogP contribution is -2.28. The molecule has 0 amide bonds. The molecule has 1 aliphatic heterocycles. The number of carbonyl (C=O) groups is 2. The number of aromatic nitrogens is 1. The normalized spacial score (nSPS) is 14.4. The zero-order valence-corrected chi connectivity index (χ0v) is 16.9. The summed E-state index contributed by atoms with van der Waals surface area (Å²) < 4.78 is 31.7. The number of hydrogen-bond acceptors (Lipinski definition) is 4. The molecular formula is C22H25F3N2O4. The summed E-state index contributed by atoms with van der Waals surface area (Å²) in [5.41, 5.74) is 4.48. The maximum Gasteiger partial charge on any atom is 0.490 e. The summed E-state index contributed by atoms with van der Waals surface area (Å²) in [4.78, 5) is 26.4. The molecule has 2 aromatic rings. The number of aryl methyl sites for hydroxylation is 1. The first kappa shape index (κ1) is 24.3. The molecule has 1 fully saturated rings. The number of benzene rings is 1. The number of rotatable bonds is 6. The van der Waals surface area contributed by atoms with Gasteiger partial charge in [-0.15, -0.1) is 0 Å². The Bertz CT molecular complexity index is 864. The highest BCUT2D eigenvalue weighted by Gasteiger charge is 2.38. The monoisotopic (exact) mass is 438 g/mol. The number of halogens is 3. The van der Waals surface area contributed by atoms with Gasteiger partial charge in [0.2, 0.25) is 0 Å². The van der Waals surface area contributed by atoms with Crippen LogP contribution in [0.4, 0.5) is 13.2 Å². The standard InChI is InChI=1S/C20H24N2O2.C2HF3O2/c23-20(24)9-6-17-12-19(14-21-13-17)18-7-4-16(5-8-18)15-22-10-2-1-3-11-22;3-2(4,5)1(6)7/h4-5,7-8,12-14H,1-3,6,9-11,15H2,(H,23,24);(H,6,7). The van der Waals surface area contributed by atoms with Crippen molar-refractivity contribution in [2.24, 2.45) is 0 Å². The zero-order valence-electron chi connectivity index (χ0n) is 16.9. The smallest absolute Gasteiger partial charge is 0.481 e. The van der Waals surface area contributed by atoms with Gasteiger partial charge >= 0.3 is 18.1 Å². The van der Waals surface area contributed by atoms with Crippen molar-refractivity contribution >= 4 is 11.9 Å². The second kappa shape index (κ2) is 11.5. The third kappa shape index (κ3) is 8.75. The van der Waals surface area contributed by atoms with Gasteiger partial charge in [-0.3, -0.25) is 14.7 Å². The maximum atomic E-state index is 10.7. The molecule has 0 unspecified atom stereocenters. The lowest BCUT2D eigenvalue weighted by atomic mass is 10.0. The van der Waals surface area contributed by atoms with Crippen molar-refractivity contribution in [2.45, 2.75) is 44.8 Å². The van der Waals surface area contributed by atoms with Crippen LogP contribution in [0.25, 0.3) is 11.1 Å². The molecule has 0 bridgehead atoms. The molecule has 31 heavy (non-hydrogen) atoms. The molecule has 1 aromatic carbocycles. The lowest BCUT2D eigenvalue weighted by Gasteiger charge is -2.26. The van der Waals surface area contributed by atoms with Crippen molar-refractivity contribution < 1.29 is 33.0 Å². The molecule has 0 atom stereocenters. The minimum absolute atomic E-state index is 0.139. The summed E-state index contributed by atoms with van der Waals surface area (Å²) in [5, 5.41) is 15.9. The molecule has 2 heterocycles. The van der Waals surface area contributed by atoms with E-state index in [0.717, 1.165) is 23.2 Å². The first-order chi connectivity index (χ1) is 14.6. The van der Waals surface area contributed by atoms with E-state index in [9.17, 15) is 18.0 Å². The number of likely N-dealkylation sites (tertiary alicyclic amines) is 1. The molecule has 0 spiro atoms. The Hall–Kier alpha value is -2.94. The third-order valence-corrected chi connectivity index (χ3v) is 4.81. The number of hydrogen-bond donors (Lipinski definition) is 2. The Morgan fingerprint density at radius 3 is 2.10 bits per heavy atom. The van der Waals surface area contributed by atoms with Crippen LogP contribution in [0.1, 0.15) is 36.8 Å². The molecule has 0 aliphatic carbocycles. The van der Waals surface area contributed by atoms with E-state index in [1.165, 1.54) is 37.9 Å². The van der Waals surface area contributed by atoms with Crippen LogP contribution in [0.2, 0.25) is 0 Å². The number of pyridine rings is 1. The van der Waals surface area contributed by atoms with Gasteiger partial charge in [0, 0.05) is 30.9 Å². The van der Waals surface area contributed by atoms with Crippen molar-refractivity contribution in [3.05, 3.63) is 53.9 Å². The predicted octanol–water partition coefficient (Wildman–Crippen LogP) is 4.39. The van der Waals surface area contributed by atoms with E-state index < -0.39 is 18.1 Å². The van der Waals surface area contributed by atoms with E-state index in [0.29, 0.717) is 6.42 Å². The average Bonchev–Trinajstić information content (AvgIpc) is 2.73. The van der Waals surface area contributed by atoms with Crippen molar-refractivity contribution in [3.63, 3.8) is 0 Å². The lowest BCUT2D eigenvalue weighted by molar-refractivity contribution is -0.192. The van der Waals surface area contributed by atoms with E-state index in [1.54, 1.807) is 6.20 Å². The van der Waals surface area contributed by atoms with Crippen molar-refractivity contribution in [3.8, 4) is 11.1 Å².